The highest BCUT2D eigenvalue weighted by atomic mass is 19.1. The normalized spacial score (nSPS) is 20.8. The molecule has 2 aromatic rings. The van der Waals surface area contributed by atoms with Crippen molar-refractivity contribution >= 4 is 23.6 Å². The van der Waals surface area contributed by atoms with E-state index in [9.17, 15) is 24.1 Å². The minimum Gasteiger partial charge on any atom is -0.326 e. The fourth-order valence-electron chi connectivity index (χ4n) is 3.65. The second kappa shape index (κ2) is 7.70. The molecule has 7 nitrogen and oxygen atoms in total. The van der Waals surface area contributed by atoms with Gasteiger partial charge in [-0.05, 0) is 43.2 Å². The Kier molecular flexibility index (Phi) is 5.43. The average Bonchev–Trinajstić information content (AvgIpc) is 2.71. The summed E-state index contributed by atoms with van der Waals surface area (Å²) in [5, 5.41) is 11.4. The summed E-state index contributed by atoms with van der Waals surface area (Å²) in [6.07, 6.45) is 1.60. The Labute approximate surface area is 173 Å². The fraction of sp³-hybridized carbons (Fsp3) is 0.273. The minimum atomic E-state index is -1.18. The Balaban J connectivity index is 2.03. The Hall–Kier alpha value is -3.55. The molecule has 1 unspecified atom stereocenters. The number of aryl methyl sites for hydroxylation is 1. The van der Waals surface area contributed by atoms with E-state index in [0.29, 0.717) is 11.1 Å². The van der Waals surface area contributed by atoms with Gasteiger partial charge in [-0.15, -0.1) is 0 Å². The van der Waals surface area contributed by atoms with Gasteiger partial charge in [0.15, 0.2) is 0 Å². The summed E-state index contributed by atoms with van der Waals surface area (Å²) in [6, 6.07) is 10.4. The molecule has 2 aromatic carbocycles. The number of benzene rings is 2. The van der Waals surface area contributed by atoms with Crippen LogP contribution in [0.4, 0.5) is 10.1 Å². The highest BCUT2D eigenvalue weighted by molar-refractivity contribution is 6.09. The number of nitro benzene ring substituents is 1. The van der Waals surface area contributed by atoms with Crippen LogP contribution in [0.25, 0.3) is 6.08 Å². The molecule has 0 spiro atoms. The highest BCUT2D eigenvalue weighted by Crippen LogP contribution is 2.33. The molecule has 3 rings (SSSR count). The van der Waals surface area contributed by atoms with Crippen LogP contribution in [0.2, 0.25) is 0 Å². The largest absolute Gasteiger partial charge is 0.326 e. The third-order valence-corrected chi connectivity index (χ3v) is 5.63. The number of rotatable bonds is 4. The van der Waals surface area contributed by atoms with Crippen LogP contribution in [0.5, 0.6) is 0 Å². The van der Waals surface area contributed by atoms with Gasteiger partial charge in [-0.2, -0.15) is 0 Å². The van der Waals surface area contributed by atoms with Gasteiger partial charge in [-0.3, -0.25) is 19.7 Å². The van der Waals surface area contributed by atoms with Gasteiger partial charge in [0.25, 0.3) is 17.5 Å². The van der Waals surface area contributed by atoms with Crippen LogP contribution in [0, 0.1) is 22.9 Å². The topological polar surface area (TPSA) is 83.8 Å². The van der Waals surface area contributed by atoms with Crippen molar-refractivity contribution in [2.75, 3.05) is 14.1 Å². The molecule has 0 saturated carbocycles. The number of nitro groups is 1. The number of halogens is 1. The third kappa shape index (κ3) is 3.56. The second-order valence-electron chi connectivity index (χ2n) is 7.60. The van der Waals surface area contributed by atoms with Crippen molar-refractivity contribution in [1.82, 2.24) is 9.80 Å². The predicted molar refractivity (Wildman–Crippen MR) is 110 cm³/mol. The van der Waals surface area contributed by atoms with E-state index in [0.717, 1.165) is 0 Å². The van der Waals surface area contributed by atoms with Crippen LogP contribution < -0.4 is 0 Å². The van der Waals surface area contributed by atoms with E-state index in [1.807, 2.05) is 0 Å². The third-order valence-electron chi connectivity index (χ3n) is 5.63. The number of nitrogens with zero attached hydrogens (tertiary/aromatic N) is 3. The number of carbonyl (C=O) groups is 2. The fourth-order valence-corrected chi connectivity index (χ4v) is 3.65. The molecule has 0 bridgehead atoms. The first kappa shape index (κ1) is 21.2. The number of carbonyl (C=O) groups excluding carboxylic acids is 2. The molecule has 1 heterocycles. The molecule has 30 heavy (non-hydrogen) atoms. The van der Waals surface area contributed by atoms with Crippen molar-refractivity contribution < 1.29 is 18.9 Å². The molecule has 0 aromatic heterocycles. The van der Waals surface area contributed by atoms with E-state index in [1.54, 1.807) is 38.1 Å². The molecule has 1 saturated heterocycles. The summed E-state index contributed by atoms with van der Waals surface area (Å²) in [7, 11) is 3.00. The summed E-state index contributed by atoms with van der Waals surface area (Å²) >= 11 is 0. The van der Waals surface area contributed by atoms with Crippen molar-refractivity contribution in [2.24, 2.45) is 0 Å². The van der Waals surface area contributed by atoms with E-state index >= 15 is 0 Å². The molecule has 0 N–H and O–H groups in total. The average molecular weight is 411 g/mol. The Morgan fingerprint density at radius 2 is 1.77 bits per heavy atom. The lowest BCUT2D eigenvalue weighted by molar-refractivity contribution is -0.385. The maximum atomic E-state index is 13.3. The zero-order chi connectivity index (χ0) is 22.2. The van der Waals surface area contributed by atoms with Crippen LogP contribution >= 0.6 is 0 Å². The molecule has 1 fully saturated rings. The monoisotopic (exact) mass is 411 g/mol. The van der Waals surface area contributed by atoms with Gasteiger partial charge in [0.1, 0.15) is 17.1 Å². The summed E-state index contributed by atoms with van der Waals surface area (Å²) in [6.45, 7) is 3.36. The van der Waals surface area contributed by atoms with E-state index in [1.165, 1.54) is 48.2 Å². The van der Waals surface area contributed by atoms with Gasteiger partial charge < -0.3 is 9.80 Å². The molecule has 1 aliphatic rings. The van der Waals surface area contributed by atoms with Crippen LogP contribution in [0.1, 0.15) is 23.6 Å². The van der Waals surface area contributed by atoms with Gasteiger partial charge in [0.05, 0.1) is 10.5 Å². The molecule has 1 atom stereocenters. The first-order valence-electron chi connectivity index (χ1n) is 9.32. The lowest BCUT2D eigenvalue weighted by Crippen LogP contribution is -2.64. The molecular formula is C22H22FN3O4. The van der Waals surface area contributed by atoms with Crippen molar-refractivity contribution in [3.8, 4) is 0 Å². The summed E-state index contributed by atoms with van der Waals surface area (Å²) in [4.78, 5) is 39.9. The van der Waals surface area contributed by atoms with Crippen molar-refractivity contribution in [3.05, 3.63) is 80.8 Å². The second-order valence-corrected chi connectivity index (χ2v) is 7.60. The molecule has 156 valence electrons. The van der Waals surface area contributed by atoms with Crippen molar-refractivity contribution in [3.63, 3.8) is 0 Å². The zero-order valence-corrected chi connectivity index (χ0v) is 17.2. The lowest BCUT2D eigenvalue weighted by Gasteiger charge is -2.45. The van der Waals surface area contributed by atoms with E-state index in [-0.39, 0.29) is 35.1 Å². The minimum absolute atomic E-state index is 0.0523. The standard InChI is InChI=1S/C22H22FN3O4/c1-14-6-5-7-18(26(29)30)17(14)12-19-20(27)25(4)22(2,21(28)24(19)3)13-15-8-10-16(23)11-9-15/h5-12H,13H2,1-4H3. The zero-order valence-electron chi connectivity index (χ0n) is 17.2. The SMILES string of the molecule is Cc1cccc([N+](=O)[O-])c1C=C1C(=O)N(C)C(C)(Cc2ccc(F)cc2)C(=O)N1C. The van der Waals surface area contributed by atoms with Gasteiger partial charge in [0.2, 0.25) is 0 Å². The molecule has 8 heteroatoms. The van der Waals surface area contributed by atoms with Gasteiger partial charge in [0, 0.05) is 26.6 Å². The van der Waals surface area contributed by atoms with Crippen LogP contribution in [0.15, 0.2) is 48.2 Å². The molecular weight excluding hydrogens is 389 g/mol. The van der Waals surface area contributed by atoms with Gasteiger partial charge in [-0.25, -0.2) is 4.39 Å². The van der Waals surface area contributed by atoms with Crippen molar-refractivity contribution in [2.45, 2.75) is 25.8 Å². The van der Waals surface area contributed by atoms with Crippen LogP contribution in [0.3, 0.4) is 0 Å². The molecule has 1 aliphatic heterocycles. The maximum absolute atomic E-state index is 13.3. The van der Waals surface area contributed by atoms with Gasteiger partial charge >= 0.3 is 0 Å². The highest BCUT2D eigenvalue weighted by Gasteiger charge is 2.48. The predicted octanol–water partition coefficient (Wildman–Crippen LogP) is 3.32. The van der Waals surface area contributed by atoms with Gasteiger partial charge in [-0.1, -0.05) is 24.3 Å². The van der Waals surface area contributed by atoms with Crippen LogP contribution in [-0.2, 0) is 16.0 Å². The quantitative estimate of drug-likeness (QED) is 0.439. The first-order valence-corrected chi connectivity index (χ1v) is 9.32. The lowest BCUT2D eigenvalue weighted by atomic mass is 9.87. The van der Waals surface area contributed by atoms with Crippen molar-refractivity contribution in [1.29, 1.82) is 0 Å². The number of amides is 2. The van der Waals surface area contributed by atoms with E-state index in [4.69, 9.17) is 0 Å². The summed E-state index contributed by atoms with van der Waals surface area (Å²) in [5.74, 6) is -1.15. The number of likely N-dealkylation sites (N-methyl/N-ethyl adjacent to an activating group) is 2. The molecule has 0 aliphatic carbocycles. The molecule has 2 amide bonds. The Morgan fingerprint density at radius 1 is 1.13 bits per heavy atom. The van der Waals surface area contributed by atoms with Crippen LogP contribution in [-0.4, -0.2) is 46.2 Å². The number of hydrogen-bond donors (Lipinski definition) is 0. The number of piperazine rings is 1. The number of hydrogen-bond acceptors (Lipinski definition) is 4. The Morgan fingerprint density at radius 3 is 2.37 bits per heavy atom. The summed E-state index contributed by atoms with van der Waals surface area (Å²) < 4.78 is 13.2. The molecule has 0 radical (unpaired) electrons. The summed E-state index contributed by atoms with van der Waals surface area (Å²) in [5.41, 5.74) is 0.337. The maximum Gasteiger partial charge on any atom is 0.276 e. The van der Waals surface area contributed by atoms with E-state index < -0.39 is 16.4 Å². The van der Waals surface area contributed by atoms with E-state index in [2.05, 4.69) is 0 Å². The Bertz CT molecular complexity index is 1060. The first-order chi connectivity index (χ1) is 14.1. The smallest absolute Gasteiger partial charge is 0.276 e.